The molecule has 0 aromatic heterocycles. The maximum Gasteiger partial charge on any atom is 0.137 e. The van der Waals surface area contributed by atoms with E-state index in [-0.39, 0.29) is 11.6 Å². The van der Waals surface area contributed by atoms with Crippen LogP contribution >= 0.6 is 0 Å². The van der Waals surface area contributed by atoms with Crippen molar-refractivity contribution in [2.45, 2.75) is 32.1 Å². The Morgan fingerprint density at radius 3 is 2.75 bits per heavy atom. The molecule has 16 heavy (non-hydrogen) atoms. The summed E-state index contributed by atoms with van der Waals surface area (Å²) in [6.07, 6.45) is 3.74. The first-order valence-corrected chi connectivity index (χ1v) is 5.68. The minimum Gasteiger partial charge on any atom is -0.330 e. The molecule has 2 N–H and O–H groups in total. The van der Waals surface area contributed by atoms with E-state index >= 15 is 0 Å². The van der Waals surface area contributed by atoms with Gasteiger partial charge in [-0.3, -0.25) is 4.79 Å². The maximum absolute atomic E-state index is 12.8. The monoisotopic (exact) mass is 223 g/mol. The van der Waals surface area contributed by atoms with Crippen molar-refractivity contribution in [1.82, 2.24) is 0 Å². The van der Waals surface area contributed by atoms with Crippen molar-refractivity contribution >= 4 is 5.78 Å². The zero-order valence-corrected chi connectivity index (χ0v) is 9.42. The van der Waals surface area contributed by atoms with Crippen LogP contribution in [0.5, 0.6) is 0 Å². The van der Waals surface area contributed by atoms with Gasteiger partial charge in [0, 0.05) is 12.8 Å². The number of carbonyl (C=O) groups excluding carboxylic acids is 1. The smallest absolute Gasteiger partial charge is 0.137 e. The predicted molar refractivity (Wildman–Crippen MR) is 62.6 cm³/mol. The van der Waals surface area contributed by atoms with E-state index in [1.165, 1.54) is 12.1 Å². The van der Waals surface area contributed by atoms with Crippen molar-refractivity contribution < 1.29 is 9.18 Å². The summed E-state index contributed by atoms with van der Waals surface area (Å²) in [7, 11) is 0. The number of rotatable bonds is 7. The standard InChI is InChI=1S/C13H18FNO/c14-12-6-4-5-11(9-12)10-13(16)7-2-1-3-8-15/h4-6,9H,1-3,7-8,10,15H2. The number of carbonyl (C=O) groups is 1. The summed E-state index contributed by atoms with van der Waals surface area (Å²) in [5.41, 5.74) is 6.11. The van der Waals surface area contributed by atoms with Crippen molar-refractivity contribution in [2.24, 2.45) is 5.73 Å². The molecule has 0 fully saturated rings. The Kier molecular flexibility index (Phi) is 5.72. The van der Waals surface area contributed by atoms with E-state index in [2.05, 4.69) is 0 Å². The molecule has 0 amide bonds. The fourth-order valence-electron chi connectivity index (χ4n) is 1.61. The molecule has 0 heterocycles. The first-order chi connectivity index (χ1) is 7.72. The lowest BCUT2D eigenvalue weighted by atomic mass is 10.0. The van der Waals surface area contributed by atoms with Gasteiger partial charge < -0.3 is 5.73 Å². The third-order valence-electron chi connectivity index (χ3n) is 2.45. The number of halogens is 1. The third kappa shape index (κ3) is 5.03. The van der Waals surface area contributed by atoms with Crippen LogP contribution in [0.4, 0.5) is 4.39 Å². The number of nitrogens with two attached hydrogens (primary N) is 1. The van der Waals surface area contributed by atoms with Gasteiger partial charge in [-0.25, -0.2) is 4.39 Å². The number of unbranched alkanes of at least 4 members (excludes halogenated alkanes) is 2. The van der Waals surface area contributed by atoms with Gasteiger partial charge in [-0.1, -0.05) is 18.6 Å². The molecule has 1 aromatic carbocycles. The highest BCUT2D eigenvalue weighted by molar-refractivity contribution is 5.80. The second-order valence-corrected chi connectivity index (χ2v) is 3.94. The van der Waals surface area contributed by atoms with E-state index in [4.69, 9.17) is 5.73 Å². The van der Waals surface area contributed by atoms with Crippen LogP contribution in [0.3, 0.4) is 0 Å². The molecule has 2 nitrogen and oxygen atoms in total. The Morgan fingerprint density at radius 1 is 1.25 bits per heavy atom. The molecule has 1 aromatic rings. The lowest BCUT2D eigenvalue weighted by Gasteiger charge is -2.01. The van der Waals surface area contributed by atoms with E-state index in [0.717, 1.165) is 24.8 Å². The largest absolute Gasteiger partial charge is 0.330 e. The fourth-order valence-corrected chi connectivity index (χ4v) is 1.61. The molecule has 0 unspecified atom stereocenters. The summed E-state index contributed by atoms with van der Waals surface area (Å²) in [5.74, 6) is -0.115. The summed E-state index contributed by atoms with van der Waals surface area (Å²) in [4.78, 5) is 11.5. The highest BCUT2D eigenvalue weighted by Gasteiger charge is 2.04. The van der Waals surface area contributed by atoms with Crippen LogP contribution in [0, 0.1) is 5.82 Å². The van der Waals surface area contributed by atoms with E-state index in [1.54, 1.807) is 12.1 Å². The maximum atomic E-state index is 12.8. The predicted octanol–water partition coefficient (Wildman–Crippen LogP) is 2.46. The zero-order valence-electron chi connectivity index (χ0n) is 9.42. The number of hydrogen-bond acceptors (Lipinski definition) is 2. The first-order valence-electron chi connectivity index (χ1n) is 5.68. The highest BCUT2D eigenvalue weighted by atomic mass is 19.1. The van der Waals surface area contributed by atoms with Crippen molar-refractivity contribution in [2.75, 3.05) is 6.54 Å². The average Bonchev–Trinajstić information content (AvgIpc) is 2.24. The minimum atomic E-state index is -0.284. The van der Waals surface area contributed by atoms with Crippen LogP contribution in [0.1, 0.15) is 31.2 Å². The number of hydrogen-bond donors (Lipinski definition) is 1. The Morgan fingerprint density at radius 2 is 2.06 bits per heavy atom. The zero-order chi connectivity index (χ0) is 11.8. The molecule has 3 heteroatoms. The van der Waals surface area contributed by atoms with E-state index < -0.39 is 0 Å². The average molecular weight is 223 g/mol. The summed E-state index contributed by atoms with van der Waals surface area (Å²) in [6.45, 7) is 0.679. The summed E-state index contributed by atoms with van der Waals surface area (Å²) >= 11 is 0. The van der Waals surface area contributed by atoms with Crippen LogP contribution in [-0.4, -0.2) is 12.3 Å². The minimum absolute atomic E-state index is 0.169. The van der Waals surface area contributed by atoms with E-state index in [0.29, 0.717) is 19.4 Å². The number of Topliss-reactive ketones (excluding diaryl/α,β-unsaturated/α-hetero) is 1. The van der Waals surface area contributed by atoms with Crippen molar-refractivity contribution in [1.29, 1.82) is 0 Å². The summed E-state index contributed by atoms with van der Waals surface area (Å²) in [5, 5.41) is 0. The first kappa shape index (κ1) is 12.8. The Hall–Kier alpha value is -1.22. The molecule has 0 aliphatic rings. The van der Waals surface area contributed by atoms with Crippen molar-refractivity contribution in [3.8, 4) is 0 Å². The Bertz CT molecular complexity index is 338. The van der Waals surface area contributed by atoms with Crippen LogP contribution in [-0.2, 0) is 11.2 Å². The summed E-state index contributed by atoms with van der Waals surface area (Å²) < 4.78 is 12.8. The number of benzene rings is 1. The van der Waals surface area contributed by atoms with Gasteiger partial charge in [-0.15, -0.1) is 0 Å². The fraction of sp³-hybridized carbons (Fsp3) is 0.462. The van der Waals surface area contributed by atoms with Crippen LogP contribution in [0.2, 0.25) is 0 Å². The second-order valence-electron chi connectivity index (χ2n) is 3.94. The lowest BCUT2D eigenvalue weighted by Crippen LogP contribution is -2.04. The van der Waals surface area contributed by atoms with Gasteiger partial charge in [-0.05, 0) is 37.1 Å². The van der Waals surface area contributed by atoms with Crippen molar-refractivity contribution in [3.63, 3.8) is 0 Å². The lowest BCUT2D eigenvalue weighted by molar-refractivity contribution is -0.118. The molecular formula is C13H18FNO. The van der Waals surface area contributed by atoms with Gasteiger partial charge in [0.05, 0.1) is 0 Å². The van der Waals surface area contributed by atoms with Gasteiger partial charge in [-0.2, -0.15) is 0 Å². The molecule has 0 atom stereocenters. The van der Waals surface area contributed by atoms with Crippen LogP contribution < -0.4 is 5.73 Å². The highest BCUT2D eigenvalue weighted by Crippen LogP contribution is 2.07. The molecule has 0 bridgehead atoms. The molecule has 0 saturated carbocycles. The molecule has 0 saturated heterocycles. The van der Waals surface area contributed by atoms with Gasteiger partial charge in [0.1, 0.15) is 11.6 Å². The summed E-state index contributed by atoms with van der Waals surface area (Å²) in [6, 6.07) is 6.21. The molecule has 0 aliphatic carbocycles. The normalized spacial score (nSPS) is 10.4. The molecule has 0 radical (unpaired) electrons. The van der Waals surface area contributed by atoms with E-state index in [1.807, 2.05) is 0 Å². The van der Waals surface area contributed by atoms with Gasteiger partial charge in [0.2, 0.25) is 0 Å². The van der Waals surface area contributed by atoms with Crippen molar-refractivity contribution in [3.05, 3.63) is 35.6 Å². The molecule has 0 aliphatic heterocycles. The van der Waals surface area contributed by atoms with Gasteiger partial charge in [0.25, 0.3) is 0 Å². The number of ketones is 1. The van der Waals surface area contributed by atoms with Crippen LogP contribution in [0.15, 0.2) is 24.3 Å². The second kappa shape index (κ2) is 7.12. The Labute approximate surface area is 95.7 Å². The topological polar surface area (TPSA) is 43.1 Å². The van der Waals surface area contributed by atoms with Crippen LogP contribution in [0.25, 0.3) is 0 Å². The third-order valence-corrected chi connectivity index (χ3v) is 2.45. The van der Waals surface area contributed by atoms with E-state index in [9.17, 15) is 9.18 Å². The van der Waals surface area contributed by atoms with Gasteiger partial charge in [0.15, 0.2) is 0 Å². The quantitative estimate of drug-likeness (QED) is 0.721. The molecule has 0 spiro atoms. The molecule has 1 rings (SSSR count). The molecule has 88 valence electrons. The Balaban J connectivity index is 2.29. The SMILES string of the molecule is NCCCCCC(=O)Cc1cccc(F)c1. The van der Waals surface area contributed by atoms with Gasteiger partial charge >= 0.3 is 0 Å². The molecular weight excluding hydrogens is 205 g/mol.